The monoisotopic (exact) mass is 310 g/mol. The molecule has 2 aromatic heterocycles. The fourth-order valence-corrected chi connectivity index (χ4v) is 2.60. The van der Waals surface area contributed by atoms with E-state index < -0.39 is 4.92 Å². The average Bonchev–Trinajstić information content (AvgIpc) is 3.03. The molecule has 116 valence electrons. The van der Waals surface area contributed by atoms with Gasteiger partial charge in [-0.1, -0.05) is 0 Å². The summed E-state index contributed by atoms with van der Waals surface area (Å²) in [5.41, 5.74) is 0.525. The zero-order chi connectivity index (χ0) is 16.2. The Kier molecular flexibility index (Phi) is 4.01. The largest absolute Gasteiger partial charge is 0.365 e. The molecule has 3 rings (SSSR count). The second kappa shape index (κ2) is 6.27. The van der Waals surface area contributed by atoms with Crippen LogP contribution in [-0.2, 0) is 0 Å². The molecule has 0 saturated carbocycles. The van der Waals surface area contributed by atoms with Gasteiger partial charge in [-0.3, -0.25) is 10.1 Å². The molecular weight excluding hydrogens is 296 g/mol. The maximum Gasteiger partial charge on any atom is 0.287 e. The van der Waals surface area contributed by atoms with Gasteiger partial charge in [-0.2, -0.15) is 5.26 Å². The maximum absolute atomic E-state index is 10.6. The molecule has 0 aliphatic carbocycles. The molecular formula is C15H14N6O2. The van der Waals surface area contributed by atoms with Crippen molar-refractivity contribution in [2.24, 2.45) is 0 Å². The van der Waals surface area contributed by atoms with Crippen LogP contribution in [0.5, 0.6) is 0 Å². The van der Waals surface area contributed by atoms with E-state index in [2.05, 4.69) is 26.3 Å². The lowest BCUT2D eigenvalue weighted by molar-refractivity contribution is -0.385. The fourth-order valence-electron chi connectivity index (χ4n) is 2.60. The number of nitriles is 1. The van der Waals surface area contributed by atoms with Crippen LogP contribution in [0.3, 0.4) is 0 Å². The van der Waals surface area contributed by atoms with E-state index in [1.807, 2.05) is 0 Å². The van der Waals surface area contributed by atoms with E-state index in [4.69, 9.17) is 5.26 Å². The van der Waals surface area contributed by atoms with Crippen LogP contribution in [0.1, 0.15) is 12.0 Å². The van der Waals surface area contributed by atoms with Crippen molar-refractivity contribution in [2.45, 2.75) is 12.5 Å². The quantitative estimate of drug-likeness (QED) is 0.679. The molecule has 2 aromatic rings. The highest BCUT2D eigenvalue weighted by atomic mass is 16.6. The van der Waals surface area contributed by atoms with E-state index in [1.54, 1.807) is 24.4 Å². The lowest BCUT2D eigenvalue weighted by Gasteiger charge is -2.19. The molecule has 0 spiro atoms. The van der Waals surface area contributed by atoms with Crippen molar-refractivity contribution >= 4 is 17.3 Å². The van der Waals surface area contributed by atoms with Crippen LogP contribution in [0.15, 0.2) is 36.7 Å². The van der Waals surface area contributed by atoms with Crippen molar-refractivity contribution in [3.8, 4) is 6.07 Å². The van der Waals surface area contributed by atoms with Crippen LogP contribution in [-0.4, -0.2) is 34.0 Å². The van der Waals surface area contributed by atoms with E-state index in [9.17, 15) is 10.1 Å². The SMILES string of the molecule is N#Cc1cccnc1N1CCC(Nc2ccc([N+](=O)[O-])cn2)C1. The van der Waals surface area contributed by atoms with Crippen molar-refractivity contribution in [3.05, 3.63) is 52.3 Å². The smallest absolute Gasteiger partial charge is 0.287 e. The molecule has 0 radical (unpaired) electrons. The van der Waals surface area contributed by atoms with Crippen molar-refractivity contribution < 1.29 is 4.92 Å². The average molecular weight is 310 g/mol. The highest BCUT2D eigenvalue weighted by Crippen LogP contribution is 2.23. The van der Waals surface area contributed by atoms with Crippen LogP contribution in [0.2, 0.25) is 0 Å². The second-order valence-electron chi connectivity index (χ2n) is 5.22. The first-order valence-electron chi connectivity index (χ1n) is 7.14. The number of nitro groups is 1. The van der Waals surface area contributed by atoms with Gasteiger partial charge in [0.25, 0.3) is 5.69 Å². The Bertz CT molecular complexity index is 755. The van der Waals surface area contributed by atoms with Gasteiger partial charge >= 0.3 is 0 Å². The van der Waals surface area contributed by atoms with Gasteiger partial charge in [-0.25, -0.2) is 9.97 Å². The van der Waals surface area contributed by atoms with Gasteiger partial charge in [0.1, 0.15) is 23.9 Å². The highest BCUT2D eigenvalue weighted by Gasteiger charge is 2.25. The summed E-state index contributed by atoms with van der Waals surface area (Å²) in [7, 11) is 0. The third-order valence-electron chi connectivity index (χ3n) is 3.71. The van der Waals surface area contributed by atoms with Crippen molar-refractivity contribution in [1.29, 1.82) is 5.26 Å². The normalized spacial score (nSPS) is 16.8. The lowest BCUT2D eigenvalue weighted by atomic mass is 10.2. The molecule has 1 aliphatic heterocycles. The molecule has 8 nitrogen and oxygen atoms in total. The third-order valence-corrected chi connectivity index (χ3v) is 3.71. The molecule has 1 fully saturated rings. The molecule has 0 amide bonds. The minimum atomic E-state index is -0.474. The fraction of sp³-hybridized carbons (Fsp3) is 0.267. The van der Waals surface area contributed by atoms with Gasteiger partial charge in [0.2, 0.25) is 0 Å². The van der Waals surface area contributed by atoms with Crippen LogP contribution >= 0.6 is 0 Å². The van der Waals surface area contributed by atoms with E-state index >= 15 is 0 Å². The van der Waals surface area contributed by atoms with Crippen molar-refractivity contribution in [1.82, 2.24) is 9.97 Å². The first-order chi connectivity index (χ1) is 11.2. The third kappa shape index (κ3) is 3.18. The molecule has 0 bridgehead atoms. The summed E-state index contributed by atoms with van der Waals surface area (Å²) in [5, 5.41) is 23.0. The van der Waals surface area contributed by atoms with Gasteiger partial charge in [0.15, 0.2) is 0 Å². The van der Waals surface area contributed by atoms with Crippen LogP contribution < -0.4 is 10.2 Å². The summed E-state index contributed by atoms with van der Waals surface area (Å²) < 4.78 is 0. The van der Waals surface area contributed by atoms with Gasteiger partial charge in [0.05, 0.1) is 10.5 Å². The molecule has 8 heteroatoms. The first-order valence-corrected chi connectivity index (χ1v) is 7.14. The van der Waals surface area contributed by atoms with Gasteiger partial charge in [0, 0.05) is 31.4 Å². The minimum Gasteiger partial charge on any atom is -0.365 e. The Labute approximate surface area is 132 Å². The Morgan fingerprint density at radius 2 is 2.26 bits per heavy atom. The van der Waals surface area contributed by atoms with E-state index in [0.29, 0.717) is 23.7 Å². The topological polar surface area (TPSA) is 108 Å². The molecule has 23 heavy (non-hydrogen) atoms. The molecule has 1 N–H and O–H groups in total. The number of rotatable bonds is 4. The van der Waals surface area contributed by atoms with Gasteiger partial charge < -0.3 is 10.2 Å². The number of aromatic nitrogens is 2. The summed E-state index contributed by atoms with van der Waals surface area (Å²) in [6, 6.07) is 8.82. The zero-order valence-electron chi connectivity index (χ0n) is 12.2. The molecule has 1 aliphatic rings. The van der Waals surface area contributed by atoms with Crippen LogP contribution in [0.4, 0.5) is 17.3 Å². The predicted molar refractivity (Wildman–Crippen MR) is 84.1 cm³/mol. The first kappa shape index (κ1) is 14.7. The Morgan fingerprint density at radius 1 is 1.39 bits per heavy atom. The summed E-state index contributed by atoms with van der Waals surface area (Å²) in [4.78, 5) is 20.6. The summed E-state index contributed by atoms with van der Waals surface area (Å²) >= 11 is 0. The van der Waals surface area contributed by atoms with Crippen molar-refractivity contribution in [3.63, 3.8) is 0 Å². The number of hydrogen-bond acceptors (Lipinski definition) is 7. The molecule has 1 atom stereocenters. The molecule has 1 unspecified atom stereocenters. The number of nitrogens with one attached hydrogen (secondary N) is 1. The van der Waals surface area contributed by atoms with Crippen LogP contribution in [0.25, 0.3) is 0 Å². The van der Waals surface area contributed by atoms with Gasteiger partial charge in [-0.05, 0) is 24.6 Å². The number of pyridine rings is 2. The van der Waals surface area contributed by atoms with E-state index in [-0.39, 0.29) is 11.7 Å². The Hall–Kier alpha value is -3.21. The molecule has 1 saturated heterocycles. The Morgan fingerprint density at radius 3 is 2.96 bits per heavy atom. The highest BCUT2D eigenvalue weighted by molar-refractivity contribution is 5.55. The predicted octanol–water partition coefficient (Wildman–Crippen LogP) is 1.95. The Balaban J connectivity index is 1.66. The van der Waals surface area contributed by atoms with E-state index in [1.165, 1.54) is 12.3 Å². The minimum absolute atomic E-state index is 0.0317. The zero-order valence-corrected chi connectivity index (χ0v) is 12.2. The second-order valence-corrected chi connectivity index (χ2v) is 5.22. The number of nitrogens with zero attached hydrogens (tertiary/aromatic N) is 5. The van der Waals surface area contributed by atoms with Crippen molar-refractivity contribution in [2.75, 3.05) is 23.3 Å². The summed E-state index contributed by atoms with van der Waals surface area (Å²) in [6.07, 6.45) is 3.79. The molecule has 3 heterocycles. The maximum atomic E-state index is 10.6. The summed E-state index contributed by atoms with van der Waals surface area (Å²) in [5.74, 6) is 1.29. The van der Waals surface area contributed by atoms with Gasteiger partial charge in [-0.15, -0.1) is 0 Å². The van der Waals surface area contributed by atoms with Crippen LogP contribution in [0, 0.1) is 21.4 Å². The lowest BCUT2D eigenvalue weighted by Crippen LogP contribution is -2.27. The standard InChI is InChI=1S/C15H14N6O2/c16-8-11-2-1-6-17-15(11)20-7-5-12(10-20)19-14-4-3-13(9-18-14)21(22)23/h1-4,6,9,12H,5,7,10H2,(H,18,19). The van der Waals surface area contributed by atoms with E-state index in [0.717, 1.165) is 13.0 Å². The molecule has 0 aromatic carbocycles. The summed E-state index contributed by atoms with van der Waals surface area (Å²) in [6.45, 7) is 1.49. The number of hydrogen-bond donors (Lipinski definition) is 1. The number of anilines is 2.